The van der Waals surface area contributed by atoms with E-state index in [0.29, 0.717) is 32.3 Å². The van der Waals surface area contributed by atoms with E-state index in [9.17, 15) is 9.59 Å². The molecule has 6 rings (SSSR count). The summed E-state index contributed by atoms with van der Waals surface area (Å²) in [6, 6.07) is 10.1. The molecule has 0 saturated carbocycles. The van der Waals surface area contributed by atoms with Crippen molar-refractivity contribution >= 4 is 29.8 Å². The fourth-order valence-electron chi connectivity index (χ4n) is 5.58. The first-order valence-electron chi connectivity index (χ1n) is 12.3. The van der Waals surface area contributed by atoms with Crippen LogP contribution in [0.2, 0.25) is 0 Å². The van der Waals surface area contributed by atoms with Crippen LogP contribution >= 0.6 is 12.4 Å². The van der Waals surface area contributed by atoms with Gasteiger partial charge >= 0.3 is 0 Å². The fraction of sp³-hybridized carbons (Fsp3) is 0.520. The minimum absolute atomic E-state index is 0. The van der Waals surface area contributed by atoms with Crippen molar-refractivity contribution in [2.24, 2.45) is 0 Å². The number of piperidine rings is 1. The highest BCUT2D eigenvalue weighted by atomic mass is 35.5. The third-order valence-corrected chi connectivity index (χ3v) is 7.39. The highest BCUT2D eigenvalue weighted by molar-refractivity contribution is 6.01. The number of ether oxygens (including phenoxy) is 2. The number of hydrogen-bond acceptors (Lipinski definition) is 7. The van der Waals surface area contributed by atoms with Gasteiger partial charge in [-0.3, -0.25) is 19.1 Å². The second-order valence-corrected chi connectivity index (χ2v) is 9.55. The van der Waals surface area contributed by atoms with Crippen LogP contribution in [0.25, 0.3) is 0 Å². The zero-order valence-corrected chi connectivity index (χ0v) is 20.5. The van der Waals surface area contributed by atoms with Crippen LogP contribution < -0.4 is 30.6 Å². The number of likely N-dealkylation sites (tertiary alicyclic amines) is 1. The first-order chi connectivity index (χ1) is 16.7. The Kier molecular flexibility index (Phi) is 6.91. The van der Waals surface area contributed by atoms with Crippen molar-refractivity contribution < 1.29 is 14.3 Å². The van der Waals surface area contributed by atoms with Gasteiger partial charge in [-0.15, -0.1) is 12.4 Å². The lowest BCUT2D eigenvalue weighted by molar-refractivity contribution is -0.117. The van der Waals surface area contributed by atoms with Gasteiger partial charge in [0.15, 0.2) is 11.5 Å². The number of carbonyl (C=O) groups excluding carboxylic acids is 1. The van der Waals surface area contributed by atoms with Gasteiger partial charge in [-0.2, -0.15) is 0 Å². The summed E-state index contributed by atoms with van der Waals surface area (Å²) in [4.78, 5) is 29.4. The van der Waals surface area contributed by atoms with Crippen molar-refractivity contribution in [2.75, 3.05) is 56.2 Å². The Morgan fingerprint density at radius 1 is 0.971 bits per heavy atom. The van der Waals surface area contributed by atoms with Crippen LogP contribution in [0.3, 0.4) is 0 Å². The number of pyridine rings is 1. The van der Waals surface area contributed by atoms with Gasteiger partial charge in [0.1, 0.15) is 19.0 Å². The molecule has 1 atom stereocenters. The topological polar surface area (TPSA) is 88.1 Å². The molecule has 35 heavy (non-hydrogen) atoms. The minimum Gasteiger partial charge on any atom is -0.486 e. The number of amides is 1. The van der Waals surface area contributed by atoms with Crippen LogP contribution in [0, 0.1) is 0 Å². The van der Waals surface area contributed by atoms with Gasteiger partial charge < -0.3 is 25.0 Å². The van der Waals surface area contributed by atoms with Gasteiger partial charge in [-0.25, -0.2) is 0 Å². The number of rotatable bonds is 5. The van der Waals surface area contributed by atoms with Gasteiger partial charge in [0.05, 0.1) is 18.3 Å². The first kappa shape index (κ1) is 24.0. The van der Waals surface area contributed by atoms with E-state index in [1.807, 2.05) is 10.6 Å². The van der Waals surface area contributed by atoms with Crippen molar-refractivity contribution in [3.8, 4) is 11.5 Å². The van der Waals surface area contributed by atoms with Gasteiger partial charge in [0.2, 0.25) is 5.91 Å². The molecule has 1 amide bonds. The Morgan fingerprint density at radius 3 is 2.60 bits per heavy atom. The lowest BCUT2D eigenvalue weighted by Crippen LogP contribution is -2.51. The fourth-order valence-corrected chi connectivity index (χ4v) is 5.58. The molecule has 188 valence electrons. The molecule has 1 fully saturated rings. The standard InChI is InChI=1S/C25H31N5O4.ClH/c31-23-4-2-20-25-29(24(32)15-27-20)10-7-19(30(23)25)16-28-8-5-18(6-9-28)26-14-17-1-3-21-22(13-17)34-12-11-33-21;/h1-4,13,18-19,26-27H,5-12,14-16H2;1H/t19-;/m0./s1. The lowest BCUT2D eigenvalue weighted by atomic mass is 10.0. The summed E-state index contributed by atoms with van der Waals surface area (Å²) >= 11 is 0. The predicted molar refractivity (Wildman–Crippen MR) is 136 cm³/mol. The third kappa shape index (κ3) is 4.72. The van der Waals surface area contributed by atoms with Crippen LogP contribution in [0.15, 0.2) is 35.1 Å². The largest absolute Gasteiger partial charge is 0.486 e. The van der Waals surface area contributed by atoms with Crippen LogP contribution in [0.5, 0.6) is 11.5 Å². The van der Waals surface area contributed by atoms with Gasteiger partial charge in [-0.1, -0.05) is 6.07 Å². The molecule has 5 heterocycles. The molecular formula is C25H32ClN5O4. The first-order valence-corrected chi connectivity index (χ1v) is 12.3. The van der Waals surface area contributed by atoms with E-state index in [2.05, 4.69) is 27.7 Å². The van der Waals surface area contributed by atoms with Gasteiger partial charge in [0.25, 0.3) is 5.56 Å². The van der Waals surface area contributed by atoms with Crippen LogP contribution in [0.1, 0.15) is 30.9 Å². The normalized spacial score (nSPS) is 21.7. The molecule has 2 N–H and O–H groups in total. The van der Waals surface area contributed by atoms with E-state index >= 15 is 0 Å². The summed E-state index contributed by atoms with van der Waals surface area (Å²) in [7, 11) is 0. The van der Waals surface area contributed by atoms with Gasteiger partial charge in [-0.05, 0) is 56.1 Å². The lowest BCUT2D eigenvalue weighted by Gasteiger charge is -2.42. The molecule has 1 aromatic heterocycles. The summed E-state index contributed by atoms with van der Waals surface area (Å²) in [5.41, 5.74) is 2.06. The quantitative estimate of drug-likeness (QED) is 0.648. The molecule has 0 unspecified atom stereocenters. The van der Waals surface area contributed by atoms with E-state index in [4.69, 9.17) is 9.47 Å². The zero-order valence-electron chi connectivity index (χ0n) is 19.7. The Hall–Kier alpha value is -2.75. The smallest absolute Gasteiger partial charge is 0.252 e. The number of benzene rings is 1. The Morgan fingerprint density at radius 2 is 1.77 bits per heavy atom. The monoisotopic (exact) mass is 501 g/mol. The van der Waals surface area contributed by atoms with Crippen molar-refractivity contribution in [3.05, 3.63) is 46.2 Å². The maximum absolute atomic E-state index is 12.8. The molecule has 0 radical (unpaired) electrons. The molecule has 0 spiro atoms. The van der Waals surface area contributed by atoms with E-state index in [1.54, 1.807) is 17.0 Å². The average molecular weight is 502 g/mol. The molecule has 4 aliphatic rings. The predicted octanol–water partition coefficient (Wildman–Crippen LogP) is 2.00. The van der Waals surface area contributed by atoms with Gasteiger partial charge in [0, 0.05) is 31.7 Å². The molecular weight excluding hydrogens is 470 g/mol. The average Bonchev–Trinajstić information content (AvgIpc) is 2.87. The molecule has 1 aromatic carbocycles. The highest BCUT2D eigenvalue weighted by Crippen LogP contribution is 2.35. The van der Waals surface area contributed by atoms with E-state index in [-0.39, 0.29) is 29.9 Å². The second kappa shape index (κ2) is 10.1. The SMILES string of the molecule is Cl.O=C1CNc2ccc(=O)n3c2N1CC[C@H]3CN1CCC(NCc2ccc3c(c2)OCCO3)CC1. The van der Waals surface area contributed by atoms with Crippen molar-refractivity contribution in [1.82, 2.24) is 14.8 Å². The Balaban J connectivity index is 0.00000253. The summed E-state index contributed by atoms with van der Waals surface area (Å²) in [5.74, 6) is 2.45. The Labute approximate surface area is 210 Å². The van der Waals surface area contributed by atoms with Crippen LogP contribution in [0.4, 0.5) is 11.5 Å². The van der Waals surface area contributed by atoms with E-state index < -0.39 is 0 Å². The zero-order chi connectivity index (χ0) is 23.1. The van der Waals surface area contributed by atoms with Crippen LogP contribution in [-0.2, 0) is 11.3 Å². The summed E-state index contributed by atoms with van der Waals surface area (Å²) < 4.78 is 13.1. The summed E-state index contributed by atoms with van der Waals surface area (Å²) in [6.45, 7) is 5.84. The van der Waals surface area contributed by atoms with Crippen molar-refractivity contribution in [2.45, 2.75) is 37.9 Å². The number of halogens is 1. The van der Waals surface area contributed by atoms with E-state index in [1.165, 1.54) is 5.56 Å². The number of hydrogen-bond donors (Lipinski definition) is 2. The summed E-state index contributed by atoms with van der Waals surface area (Å²) in [6.07, 6.45) is 2.96. The molecule has 2 aromatic rings. The molecule has 0 bridgehead atoms. The van der Waals surface area contributed by atoms with E-state index in [0.717, 1.165) is 68.4 Å². The number of nitrogens with zero attached hydrogens (tertiary/aromatic N) is 3. The number of fused-ring (bicyclic) bond motifs is 1. The molecule has 9 nitrogen and oxygen atoms in total. The molecule has 10 heteroatoms. The number of anilines is 2. The maximum atomic E-state index is 12.8. The van der Waals surface area contributed by atoms with Crippen molar-refractivity contribution in [1.29, 1.82) is 0 Å². The number of aromatic nitrogens is 1. The number of carbonyl (C=O) groups is 1. The maximum Gasteiger partial charge on any atom is 0.252 e. The molecule has 0 aliphatic carbocycles. The third-order valence-electron chi connectivity index (χ3n) is 7.39. The van der Waals surface area contributed by atoms with Crippen molar-refractivity contribution in [3.63, 3.8) is 0 Å². The second-order valence-electron chi connectivity index (χ2n) is 9.55. The summed E-state index contributed by atoms with van der Waals surface area (Å²) in [5, 5.41) is 6.86. The Bertz CT molecular complexity index is 1150. The van der Waals surface area contributed by atoms with Crippen LogP contribution in [-0.4, -0.2) is 67.4 Å². The highest BCUT2D eigenvalue weighted by Gasteiger charge is 2.35. The molecule has 4 aliphatic heterocycles. The number of nitrogens with one attached hydrogen (secondary N) is 2. The molecule has 1 saturated heterocycles. The minimum atomic E-state index is -0.0269.